The summed E-state index contributed by atoms with van der Waals surface area (Å²) < 4.78 is 33.5. The number of benzene rings is 3. The number of anilines is 1. The van der Waals surface area contributed by atoms with Crippen molar-refractivity contribution in [3.8, 4) is 5.75 Å². The molecule has 0 spiro atoms. The van der Waals surface area contributed by atoms with Crippen molar-refractivity contribution < 1.29 is 17.9 Å². The van der Waals surface area contributed by atoms with Crippen molar-refractivity contribution in [1.82, 2.24) is 4.31 Å². The number of amides is 1. The summed E-state index contributed by atoms with van der Waals surface area (Å²) in [6, 6.07) is 19.7. The third-order valence-electron chi connectivity index (χ3n) is 5.77. The molecule has 0 heterocycles. The van der Waals surface area contributed by atoms with E-state index in [1.807, 2.05) is 55.5 Å². The lowest BCUT2D eigenvalue weighted by atomic mass is 9.98. The highest BCUT2D eigenvalue weighted by molar-refractivity contribution is 7.89. The minimum atomic E-state index is -4.01. The number of rotatable bonds is 10. The van der Waals surface area contributed by atoms with Crippen molar-refractivity contribution in [2.75, 3.05) is 25.5 Å². The Kier molecular flexibility index (Phi) is 8.94. The number of carbonyl (C=O) groups excluding carboxylic acids is 1. The van der Waals surface area contributed by atoms with Gasteiger partial charge in [0.1, 0.15) is 5.75 Å². The van der Waals surface area contributed by atoms with Crippen molar-refractivity contribution in [3.63, 3.8) is 0 Å². The van der Waals surface area contributed by atoms with E-state index >= 15 is 0 Å². The minimum absolute atomic E-state index is 0.00271. The second-order valence-electron chi connectivity index (χ2n) is 8.61. The fourth-order valence-corrected chi connectivity index (χ4v) is 5.57. The van der Waals surface area contributed by atoms with Crippen LogP contribution in [0.3, 0.4) is 0 Å². The van der Waals surface area contributed by atoms with E-state index in [2.05, 4.69) is 19.2 Å². The molecule has 0 aliphatic carbocycles. The number of para-hydroxylation sites is 1. The van der Waals surface area contributed by atoms with Gasteiger partial charge in [0.2, 0.25) is 15.9 Å². The van der Waals surface area contributed by atoms with Gasteiger partial charge in [0.15, 0.2) is 0 Å². The summed E-state index contributed by atoms with van der Waals surface area (Å²) in [5.74, 6) is 0.168. The van der Waals surface area contributed by atoms with Gasteiger partial charge in [-0.25, -0.2) is 8.42 Å². The predicted molar refractivity (Wildman–Crippen MR) is 141 cm³/mol. The fourth-order valence-electron chi connectivity index (χ4n) is 3.82. The molecule has 0 atom stereocenters. The maximum atomic E-state index is 13.6. The average Bonchev–Trinajstić information content (AvgIpc) is 2.83. The third kappa shape index (κ3) is 6.63. The van der Waals surface area contributed by atoms with Gasteiger partial charge in [-0.05, 0) is 54.2 Å². The summed E-state index contributed by atoms with van der Waals surface area (Å²) in [5, 5.41) is 3.13. The molecular weight excluding hydrogens is 484 g/mol. The molecule has 8 heteroatoms. The first kappa shape index (κ1) is 26.7. The summed E-state index contributed by atoms with van der Waals surface area (Å²) in [4.78, 5) is 13.1. The van der Waals surface area contributed by atoms with Crippen LogP contribution < -0.4 is 10.1 Å². The molecular formula is C27H31ClN2O4S. The molecule has 3 aromatic carbocycles. The maximum Gasteiger partial charge on any atom is 0.243 e. The lowest BCUT2D eigenvalue weighted by Gasteiger charge is -2.23. The fraction of sp³-hybridized carbons (Fsp3) is 0.296. The molecule has 3 aromatic rings. The zero-order valence-corrected chi connectivity index (χ0v) is 22.0. The van der Waals surface area contributed by atoms with E-state index in [0.29, 0.717) is 12.2 Å². The van der Waals surface area contributed by atoms with Gasteiger partial charge in [0.25, 0.3) is 0 Å². The first-order valence-corrected chi connectivity index (χ1v) is 13.2. The van der Waals surface area contributed by atoms with Crippen LogP contribution >= 0.6 is 11.6 Å². The molecule has 1 amide bonds. The highest BCUT2D eigenvalue weighted by Gasteiger charge is 2.28. The quantitative estimate of drug-likeness (QED) is 0.379. The van der Waals surface area contributed by atoms with Crippen LogP contribution in [0, 0.1) is 6.92 Å². The Hall–Kier alpha value is -2.87. The van der Waals surface area contributed by atoms with Crippen LogP contribution in [0.15, 0.2) is 71.6 Å². The van der Waals surface area contributed by atoms with Gasteiger partial charge < -0.3 is 10.1 Å². The van der Waals surface area contributed by atoms with Crippen LogP contribution in [0.4, 0.5) is 5.69 Å². The Morgan fingerprint density at radius 1 is 1.06 bits per heavy atom. The average molecular weight is 515 g/mol. The summed E-state index contributed by atoms with van der Waals surface area (Å²) in [6.45, 7) is 5.83. The van der Waals surface area contributed by atoms with Gasteiger partial charge in [-0.1, -0.05) is 74.0 Å². The molecule has 186 valence electrons. The summed E-state index contributed by atoms with van der Waals surface area (Å²) in [5.41, 5.74) is 3.62. The predicted octanol–water partition coefficient (Wildman–Crippen LogP) is 5.65. The van der Waals surface area contributed by atoms with Gasteiger partial charge in [0.05, 0.1) is 23.6 Å². The summed E-state index contributed by atoms with van der Waals surface area (Å²) in [7, 11) is -2.55. The minimum Gasteiger partial charge on any atom is -0.495 e. The largest absolute Gasteiger partial charge is 0.495 e. The molecule has 0 saturated carbocycles. The molecule has 0 bridgehead atoms. The van der Waals surface area contributed by atoms with Gasteiger partial charge in [0, 0.05) is 12.2 Å². The zero-order valence-electron chi connectivity index (χ0n) is 20.4. The SMILES string of the molecule is COc1ccc(S(=O)(=O)N(CCc2ccccc2)CC(=O)Nc2c(C)cccc2C(C)C)cc1Cl. The van der Waals surface area contributed by atoms with Crippen molar-refractivity contribution in [3.05, 3.63) is 88.4 Å². The molecule has 0 aliphatic heterocycles. The number of carbonyl (C=O) groups is 1. The van der Waals surface area contributed by atoms with Crippen molar-refractivity contribution in [1.29, 1.82) is 0 Å². The van der Waals surface area contributed by atoms with Gasteiger partial charge in [-0.3, -0.25) is 4.79 Å². The Balaban J connectivity index is 1.90. The molecule has 0 radical (unpaired) electrons. The van der Waals surface area contributed by atoms with Crippen LogP contribution in [0.2, 0.25) is 5.02 Å². The molecule has 0 unspecified atom stereocenters. The second kappa shape index (κ2) is 11.7. The number of nitrogens with one attached hydrogen (secondary N) is 1. The normalized spacial score (nSPS) is 11.6. The van der Waals surface area contributed by atoms with E-state index in [4.69, 9.17) is 16.3 Å². The van der Waals surface area contributed by atoms with Crippen LogP contribution in [0.25, 0.3) is 0 Å². The zero-order chi connectivity index (χ0) is 25.6. The lowest BCUT2D eigenvalue weighted by molar-refractivity contribution is -0.116. The second-order valence-corrected chi connectivity index (χ2v) is 11.0. The Bertz CT molecular complexity index is 1280. The van der Waals surface area contributed by atoms with Crippen LogP contribution in [0.5, 0.6) is 5.75 Å². The third-order valence-corrected chi connectivity index (χ3v) is 7.90. The van der Waals surface area contributed by atoms with Gasteiger partial charge >= 0.3 is 0 Å². The summed E-state index contributed by atoms with van der Waals surface area (Å²) >= 11 is 6.20. The van der Waals surface area contributed by atoms with Crippen LogP contribution in [0.1, 0.15) is 36.5 Å². The van der Waals surface area contributed by atoms with E-state index in [1.54, 1.807) is 0 Å². The first-order chi connectivity index (χ1) is 16.6. The van der Waals surface area contributed by atoms with Crippen molar-refractivity contribution in [2.24, 2.45) is 0 Å². The Labute approximate surface area is 212 Å². The number of sulfonamides is 1. The standard InChI is InChI=1S/C27H31ClN2O4S/c1-19(2)23-12-8-9-20(3)27(23)29-26(31)18-30(16-15-21-10-6-5-7-11-21)35(32,33)22-13-14-25(34-4)24(28)17-22/h5-14,17,19H,15-16,18H2,1-4H3,(H,29,31). The molecule has 6 nitrogen and oxygen atoms in total. The van der Waals surface area contributed by atoms with Gasteiger partial charge in [-0.15, -0.1) is 0 Å². The molecule has 0 aromatic heterocycles. The van der Waals surface area contributed by atoms with Crippen molar-refractivity contribution >= 4 is 33.2 Å². The molecule has 0 saturated heterocycles. The number of hydrogen-bond acceptors (Lipinski definition) is 4. The topological polar surface area (TPSA) is 75.7 Å². The number of methoxy groups -OCH3 is 1. The molecule has 1 N–H and O–H groups in total. The molecule has 3 rings (SSSR count). The molecule has 0 aliphatic rings. The number of aryl methyl sites for hydroxylation is 1. The number of halogens is 1. The number of ether oxygens (including phenoxy) is 1. The highest BCUT2D eigenvalue weighted by atomic mass is 35.5. The first-order valence-electron chi connectivity index (χ1n) is 11.4. The monoisotopic (exact) mass is 514 g/mol. The van der Waals surface area contributed by atoms with Crippen LogP contribution in [-0.4, -0.2) is 38.8 Å². The van der Waals surface area contributed by atoms with Crippen molar-refractivity contribution in [2.45, 2.75) is 38.0 Å². The lowest BCUT2D eigenvalue weighted by Crippen LogP contribution is -2.39. The smallest absolute Gasteiger partial charge is 0.243 e. The molecule has 35 heavy (non-hydrogen) atoms. The van der Waals surface area contributed by atoms with E-state index in [9.17, 15) is 13.2 Å². The number of nitrogens with zero attached hydrogens (tertiary/aromatic N) is 1. The van der Waals surface area contributed by atoms with E-state index in [0.717, 1.165) is 22.4 Å². The highest BCUT2D eigenvalue weighted by Crippen LogP contribution is 2.30. The molecule has 0 fully saturated rings. The van der Waals surface area contributed by atoms with E-state index in [1.165, 1.54) is 29.6 Å². The van der Waals surface area contributed by atoms with E-state index < -0.39 is 15.9 Å². The van der Waals surface area contributed by atoms with Gasteiger partial charge in [-0.2, -0.15) is 4.31 Å². The number of hydrogen-bond donors (Lipinski definition) is 1. The maximum absolute atomic E-state index is 13.6. The Morgan fingerprint density at radius 3 is 2.40 bits per heavy atom. The summed E-state index contributed by atoms with van der Waals surface area (Å²) in [6.07, 6.45) is 0.457. The Morgan fingerprint density at radius 2 is 1.77 bits per heavy atom. The van der Waals surface area contributed by atoms with E-state index in [-0.39, 0.29) is 28.9 Å². The van der Waals surface area contributed by atoms with Crippen LogP contribution in [-0.2, 0) is 21.2 Å².